The zero-order chi connectivity index (χ0) is 14.5. The Morgan fingerprint density at radius 3 is 2.40 bits per heavy atom. The normalized spacial score (nSPS) is 28.3. The fraction of sp³-hybridized carbons (Fsp3) is 0.684. The molecule has 0 heterocycles. The molecule has 112 valence electrons. The molecule has 4 unspecified atom stereocenters. The van der Waals surface area contributed by atoms with E-state index in [9.17, 15) is 0 Å². The largest absolute Gasteiger partial charge is 0.317 e. The van der Waals surface area contributed by atoms with Crippen LogP contribution in [0.1, 0.15) is 50.7 Å². The highest BCUT2D eigenvalue weighted by atomic mass is 14.9. The molecule has 0 saturated heterocycles. The van der Waals surface area contributed by atoms with Crippen molar-refractivity contribution >= 4 is 0 Å². The number of hydrogen-bond donors (Lipinski definition) is 1. The Morgan fingerprint density at radius 1 is 1.10 bits per heavy atom. The molecule has 0 bridgehead atoms. The standard InChI is InChI=1S/C19H31N/c1-14-5-8-17(9-6-14)10-12-19(20-4)18-11-7-15(2)16(3)13-18/h5-6,8-9,15-16,18-20H,7,10-13H2,1-4H3. The van der Waals surface area contributed by atoms with E-state index in [4.69, 9.17) is 0 Å². The molecule has 1 saturated carbocycles. The summed E-state index contributed by atoms with van der Waals surface area (Å²) < 4.78 is 0. The van der Waals surface area contributed by atoms with Crippen molar-refractivity contribution < 1.29 is 0 Å². The minimum Gasteiger partial charge on any atom is -0.317 e. The van der Waals surface area contributed by atoms with Crippen LogP contribution < -0.4 is 5.32 Å². The van der Waals surface area contributed by atoms with E-state index < -0.39 is 0 Å². The topological polar surface area (TPSA) is 12.0 Å². The molecule has 1 aliphatic rings. The van der Waals surface area contributed by atoms with Crippen molar-refractivity contribution in [1.29, 1.82) is 0 Å². The first kappa shape index (κ1) is 15.6. The Hall–Kier alpha value is -0.820. The van der Waals surface area contributed by atoms with Gasteiger partial charge in [0.1, 0.15) is 0 Å². The molecule has 1 heteroatoms. The molecule has 2 rings (SSSR count). The maximum atomic E-state index is 3.59. The van der Waals surface area contributed by atoms with E-state index in [-0.39, 0.29) is 0 Å². The first-order valence-electron chi connectivity index (χ1n) is 8.33. The second-order valence-corrected chi connectivity index (χ2v) is 6.95. The van der Waals surface area contributed by atoms with Gasteiger partial charge in [-0.25, -0.2) is 0 Å². The molecular weight excluding hydrogens is 242 g/mol. The van der Waals surface area contributed by atoms with Crippen LogP contribution in [0.25, 0.3) is 0 Å². The van der Waals surface area contributed by atoms with Crippen LogP contribution in [0.4, 0.5) is 0 Å². The van der Waals surface area contributed by atoms with Gasteiger partial charge in [-0.3, -0.25) is 0 Å². The average Bonchev–Trinajstić information content (AvgIpc) is 2.45. The van der Waals surface area contributed by atoms with E-state index >= 15 is 0 Å². The highest BCUT2D eigenvalue weighted by Crippen LogP contribution is 2.35. The van der Waals surface area contributed by atoms with Crippen molar-refractivity contribution in [2.45, 2.75) is 58.9 Å². The number of aryl methyl sites for hydroxylation is 2. The molecule has 20 heavy (non-hydrogen) atoms. The Labute approximate surface area is 125 Å². The summed E-state index contributed by atoms with van der Waals surface area (Å²) in [5, 5.41) is 3.59. The lowest BCUT2D eigenvalue weighted by molar-refractivity contribution is 0.170. The van der Waals surface area contributed by atoms with Crippen LogP contribution in [-0.4, -0.2) is 13.1 Å². The van der Waals surface area contributed by atoms with Crippen molar-refractivity contribution in [1.82, 2.24) is 5.32 Å². The fourth-order valence-corrected chi connectivity index (χ4v) is 3.65. The van der Waals surface area contributed by atoms with Crippen LogP contribution >= 0.6 is 0 Å². The average molecular weight is 273 g/mol. The molecule has 0 aliphatic heterocycles. The number of hydrogen-bond acceptors (Lipinski definition) is 1. The summed E-state index contributed by atoms with van der Waals surface area (Å²) in [6, 6.07) is 9.72. The van der Waals surface area contributed by atoms with Gasteiger partial charge in [0, 0.05) is 6.04 Å². The quantitative estimate of drug-likeness (QED) is 0.827. The van der Waals surface area contributed by atoms with Crippen LogP contribution in [0.3, 0.4) is 0 Å². The molecule has 0 spiro atoms. The predicted octanol–water partition coefficient (Wildman–Crippen LogP) is 4.59. The second kappa shape index (κ2) is 7.26. The van der Waals surface area contributed by atoms with Crippen LogP contribution in [0.2, 0.25) is 0 Å². The molecule has 0 amide bonds. The van der Waals surface area contributed by atoms with E-state index in [1.165, 1.54) is 43.2 Å². The van der Waals surface area contributed by atoms with Gasteiger partial charge >= 0.3 is 0 Å². The lowest BCUT2D eigenvalue weighted by Crippen LogP contribution is -2.38. The third-order valence-corrected chi connectivity index (χ3v) is 5.44. The van der Waals surface area contributed by atoms with E-state index in [1.807, 2.05) is 0 Å². The van der Waals surface area contributed by atoms with Crippen LogP contribution in [-0.2, 0) is 6.42 Å². The summed E-state index contributed by atoms with van der Waals surface area (Å²) in [6.45, 7) is 7.01. The van der Waals surface area contributed by atoms with Crippen molar-refractivity contribution in [3.63, 3.8) is 0 Å². The Balaban J connectivity index is 1.87. The molecule has 1 aromatic carbocycles. The lowest BCUT2D eigenvalue weighted by Gasteiger charge is -2.36. The van der Waals surface area contributed by atoms with E-state index in [0.29, 0.717) is 6.04 Å². The Bertz CT molecular complexity index is 395. The van der Waals surface area contributed by atoms with Crippen molar-refractivity contribution in [2.24, 2.45) is 17.8 Å². The third kappa shape index (κ3) is 4.09. The first-order chi connectivity index (χ1) is 9.60. The highest BCUT2D eigenvalue weighted by Gasteiger charge is 2.29. The van der Waals surface area contributed by atoms with Gasteiger partial charge in [0.05, 0.1) is 0 Å². The highest BCUT2D eigenvalue weighted by molar-refractivity contribution is 5.21. The fourth-order valence-electron chi connectivity index (χ4n) is 3.65. The molecule has 4 atom stereocenters. The van der Waals surface area contributed by atoms with Gasteiger partial charge in [0.25, 0.3) is 0 Å². The molecule has 1 aliphatic carbocycles. The molecule has 1 fully saturated rings. The smallest absolute Gasteiger partial charge is 0.00955 e. The number of nitrogens with one attached hydrogen (secondary N) is 1. The maximum absolute atomic E-state index is 3.59. The van der Waals surface area contributed by atoms with Gasteiger partial charge in [-0.2, -0.15) is 0 Å². The summed E-state index contributed by atoms with van der Waals surface area (Å²) >= 11 is 0. The summed E-state index contributed by atoms with van der Waals surface area (Å²) in [6.07, 6.45) is 6.69. The maximum Gasteiger partial charge on any atom is 0.00955 e. The Kier molecular flexibility index (Phi) is 5.65. The minimum absolute atomic E-state index is 0.686. The van der Waals surface area contributed by atoms with Gasteiger partial charge in [-0.1, -0.05) is 50.1 Å². The zero-order valence-corrected chi connectivity index (χ0v) is 13.7. The second-order valence-electron chi connectivity index (χ2n) is 6.95. The van der Waals surface area contributed by atoms with Crippen LogP contribution in [0.5, 0.6) is 0 Å². The SMILES string of the molecule is CNC(CCc1ccc(C)cc1)C1CCC(C)C(C)C1. The molecule has 0 radical (unpaired) electrons. The van der Waals surface area contributed by atoms with Crippen molar-refractivity contribution in [2.75, 3.05) is 7.05 Å². The number of rotatable bonds is 5. The van der Waals surface area contributed by atoms with E-state index in [0.717, 1.165) is 17.8 Å². The molecule has 1 aromatic rings. The first-order valence-corrected chi connectivity index (χ1v) is 8.33. The van der Waals surface area contributed by atoms with Gasteiger partial charge in [0.15, 0.2) is 0 Å². The molecular formula is C19H31N. The monoisotopic (exact) mass is 273 g/mol. The summed E-state index contributed by atoms with van der Waals surface area (Å²) in [4.78, 5) is 0. The summed E-state index contributed by atoms with van der Waals surface area (Å²) in [5.74, 6) is 2.68. The summed E-state index contributed by atoms with van der Waals surface area (Å²) in [7, 11) is 2.14. The van der Waals surface area contributed by atoms with Gasteiger partial charge in [0.2, 0.25) is 0 Å². The predicted molar refractivity (Wildman–Crippen MR) is 88.0 cm³/mol. The molecule has 0 aromatic heterocycles. The van der Waals surface area contributed by atoms with Crippen LogP contribution in [0.15, 0.2) is 24.3 Å². The minimum atomic E-state index is 0.686. The third-order valence-electron chi connectivity index (χ3n) is 5.44. The van der Waals surface area contributed by atoms with Crippen molar-refractivity contribution in [3.8, 4) is 0 Å². The summed E-state index contributed by atoms with van der Waals surface area (Å²) in [5.41, 5.74) is 2.84. The molecule has 1 N–H and O–H groups in total. The van der Waals surface area contributed by atoms with Gasteiger partial charge in [-0.15, -0.1) is 0 Å². The zero-order valence-electron chi connectivity index (χ0n) is 13.7. The Morgan fingerprint density at radius 2 is 1.80 bits per heavy atom. The lowest BCUT2D eigenvalue weighted by atomic mass is 9.72. The van der Waals surface area contributed by atoms with Gasteiger partial charge < -0.3 is 5.32 Å². The van der Waals surface area contributed by atoms with Crippen LogP contribution in [0, 0.1) is 24.7 Å². The van der Waals surface area contributed by atoms with E-state index in [2.05, 4.69) is 57.4 Å². The number of benzene rings is 1. The van der Waals surface area contributed by atoms with E-state index in [1.54, 1.807) is 0 Å². The van der Waals surface area contributed by atoms with Gasteiger partial charge in [-0.05, 0) is 63.0 Å². The van der Waals surface area contributed by atoms with Crippen molar-refractivity contribution in [3.05, 3.63) is 35.4 Å². The molecule has 1 nitrogen and oxygen atoms in total.